The highest BCUT2D eigenvalue weighted by molar-refractivity contribution is 5.91. The molecule has 4 aromatic rings. The molecule has 2 aromatic heterocycles. The lowest BCUT2D eigenvalue weighted by Gasteiger charge is -2.08. The van der Waals surface area contributed by atoms with Crippen LogP contribution in [-0.4, -0.2) is 23.3 Å². The molecule has 0 saturated heterocycles. The molecule has 0 unspecified atom stereocenters. The largest absolute Gasteiger partial charge is 0.467 e. The van der Waals surface area contributed by atoms with Crippen LogP contribution in [0.25, 0.3) is 22.2 Å². The highest BCUT2D eigenvalue weighted by Crippen LogP contribution is 2.31. The molecule has 3 N–H and O–H groups in total. The zero-order valence-corrected chi connectivity index (χ0v) is 16.8. The van der Waals surface area contributed by atoms with Crippen LogP contribution < -0.4 is 10.6 Å². The zero-order chi connectivity index (χ0) is 21.6. The molecule has 2 aromatic carbocycles. The number of para-hydroxylation sites is 1. The van der Waals surface area contributed by atoms with Gasteiger partial charge in [-0.25, -0.2) is 4.39 Å². The van der Waals surface area contributed by atoms with Crippen LogP contribution in [0.4, 0.5) is 4.39 Å². The Kier molecular flexibility index (Phi) is 6.12. The van der Waals surface area contributed by atoms with Crippen molar-refractivity contribution in [2.75, 3.05) is 6.54 Å². The number of carbonyl (C=O) groups is 2. The summed E-state index contributed by atoms with van der Waals surface area (Å²) < 4.78 is 18.5. The van der Waals surface area contributed by atoms with Crippen LogP contribution in [0.2, 0.25) is 0 Å². The molecule has 0 aliphatic heterocycles. The predicted molar refractivity (Wildman–Crippen MR) is 116 cm³/mol. The van der Waals surface area contributed by atoms with Crippen molar-refractivity contribution < 1.29 is 18.4 Å². The molecule has 0 spiro atoms. The maximum Gasteiger partial charge on any atom is 0.239 e. The number of carbonyl (C=O) groups excluding carboxylic acids is 2. The van der Waals surface area contributed by atoms with Crippen molar-refractivity contribution in [3.63, 3.8) is 0 Å². The van der Waals surface area contributed by atoms with Gasteiger partial charge in [0.15, 0.2) is 0 Å². The van der Waals surface area contributed by atoms with E-state index in [1.54, 1.807) is 24.3 Å². The number of H-pyrrole nitrogens is 1. The van der Waals surface area contributed by atoms with Gasteiger partial charge in [0.1, 0.15) is 11.6 Å². The minimum Gasteiger partial charge on any atom is -0.467 e. The normalized spacial score (nSPS) is 10.9. The van der Waals surface area contributed by atoms with Crippen LogP contribution in [-0.2, 0) is 22.6 Å². The molecule has 2 amide bonds. The topological polar surface area (TPSA) is 87.1 Å². The number of furan rings is 1. The Bertz CT molecular complexity index is 1180. The number of amides is 2. The van der Waals surface area contributed by atoms with Crippen molar-refractivity contribution in [1.82, 2.24) is 15.6 Å². The third-order valence-corrected chi connectivity index (χ3v) is 5.03. The highest BCUT2D eigenvalue weighted by atomic mass is 19.1. The summed E-state index contributed by atoms with van der Waals surface area (Å²) in [5, 5.41) is 6.35. The molecule has 0 saturated carbocycles. The fraction of sp³-hybridized carbons (Fsp3) is 0.167. The first-order chi connectivity index (χ1) is 15.1. The molecular weight excluding hydrogens is 397 g/mol. The predicted octanol–water partition coefficient (Wildman–Crippen LogP) is 3.93. The van der Waals surface area contributed by atoms with Crippen molar-refractivity contribution in [1.29, 1.82) is 0 Å². The summed E-state index contributed by atoms with van der Waals surface area (Å²) in [7, 11) is 0. The molecule has 7 heteroatoms. The van der Waals surface area contributed by atoms with Crippen LogP contribution in [0, 0.1) is 5.82 Å². The van der Waals surface area contributed by atoms with E-state index in [1.165, 1.54) is 18.4 Å². The molecule has 0 atom stereocenters. The van der Waals surface area contributed by atoms with Crippen molar-refractivity contribution >= 4 is 22.7 Å². The molecule has 2 heterocycles. The number of benzene rings is 2. The fourth-order valence-corrected chi connectivity index (χ4v) is 3.49. The number of fused-ring (bicyclic) bond motifs is 1. The van der Waals surface area contributed by atoms with E-state index < -0.39 is 0 Å². The fourth-order valence-electron chi connectivity index (χ4n) is 3.49. The lowest BCUT2D eigenvalue weighted by Crippen LogP contribution is -2.36. The average Bonchev–Trinajstić information content (AvgIpc) is 3.43. The van der Waals surface area contributed by atoms with Gasteiger partial charge in [-0.1, -0.05) is 18.2 Å². The third kappa shape index (κ3) is 5.01. The minimum absolute atomic E-state index is 0.0990. The van der Waals surface area contributed by atoms with Gasteiger partial charge in [0.2, 0.25) is 11.8 Å². The van der Waals surface area contributed by atoms with Gasteiger partial charge >= 0.3 is 0 Å². The molecule has 0 aliphatic rings. The van der Waals surface area contributed by atoms with E-state index in [2.05, 4.69) is 15.6 Å². The van der Waals surface area contributed by atoms with Gasteiger partial charge in [0.05, 0.1) is 19.4 Å². The summed E-state index contributed by atoms with van der Waals surface area (Å²) >= 11 is 0. The first kappa shape index (κ1) is 20.4. The number of halogens is 1. The van der Waals surface area contributed by atoms with E-state index in [0.717, 1.165) is 27.7 Å². The average molecular weight is 419 g/mol. The Morgan fingerprint density at radius 1 is 0.935 bits per heavy atom. The molecule has 0 radical (unpaired) electrons. The number of aryl methyl sites for hydroxylation is 1. The Morgan fingerprint density at radius 2 is 1.74 bits per heavy atom. The van der Waals surface area contributed by atoms with Crippen LogP contribution in [0.3, 0.4) is 0 Å². The molecule has 0 fully saturated rings. The van der Waals surface area contributed by atoms with E-state index in [1.807, 2.05) is 24.3 Å². The molecule has 6 nitrogen and oxygen atoms in total. The van der Waals surface area contributed by atoms with E-state index in [4.69, 9.17) is 4.42 Å². The number of hydrogen-bond donors (Lipinski definition) is 3. The van der Waals surface area contributed by atoms with E-state index in [0.29, 0.717) is 12.2 Å². The molecule has 4 rings (SSSR count). The van der Waals surface area contributed by atoms with E-state index in [-0.39, 0.29) is 37.1 Å². The summed E-state index contributed by atoms with van der Waals surface area (Å²) in [5.41, 5.74) is 3.66. The van der Waals surface area contributed by atoms with Gasteiger partial charge in [-0.3, -0.25) is 9.59 Å². The number of hydrogen-bond acceptors (Lipinski definition) is 3. The maximum atomic E-state index is 13.3. The molecule has 158 valence electrons. The summed E-state index contributed by atoms with van der Waals surface area (Å²) in [6.45, 7) is 0.177. The van der Waals surface area contributed by atoms with E-state index in [9.17, 15) is 14.0 Å². The Labute approximate surface area is 178 Å². The number of nitrogens with one attached hydrogen (secondary N) is 3. The van der Waals surface area contributed by atoms with Crippen molar-refractivity contribution in [3.05, 3.63) is 84.1 Å². The van der Waals surface area contributed by atoms with Crippen LogP contribution in [0.1, 0.15) is 17.7 Å². The van der Waals surface area contributed by atoms with Crippen molar-refractivity contribution in [2.24, 2.45) is 0 Å². The summed E-state index contributed by atoms with van der Waals surface area (Å²) in [6.07, 6.45) is 2.24. The van der Waals surface area contributed by atoms with E-state index >= 15 is 0 Å². The van der Waals surface area contributed by atoms with Crippen molar-refractivity contribution in [2.45, 2.75) is 19.4 Å². The first-order valence-corrected chi connectivity index (χ1v) is 10.0. The lowest BCUT2D eigenvalue weighted by atomic mass is 10.0. The molecule has 0 bridgehead atoms. The van der Waals surface area contributed by atoms with Gasteiger partial charge in [-0.15, -0.1) is 0 Å². The second-order valence-electron chi connectivity index (χ2n) is 7.16. The minimum atomic E-state index is -0.300. The highest BCUT2D eigenvalue weighted by Gasteiger charge is 2.15. The quantitative estimate of drug-likeness (QED) is 0.404. The van der Waals surface area contributed by atoms with Gasteiger partial charge < -0.3 is 20.0 Å². The van der Waals surface area contributed by atoms with Gasteiger partial charge in [0, 0.05) is 23.0 Å². The number of aromatic amines is 1. The smallest absolute Gasteiger partial charge is 0.239 e. The molecular formula is C24H22FN3O3. The van der Waals surface area contributed by atoms with Crippen LogP contribution in [0.5, 0.6) is 0 Å². The van der Waals surface area contributed by atoms with Crippen LogP contribution >= 0.6 is 0 Å². The number of rotatable bonds is 8. The summed E-state index contributed by atoms with van der Waals surface area (Å²) in [6, 6.07) is 17.6. The van der Waals surface area contributed by atoms with Crippen LogP contribution in [0.15, 0.2) is 71.3 Å². The zero-order valence-electron chi connectivity index (χ0n) is 16.8. The summed E-state index contributed by atoms with van der Waals surface area (Å²) in [4.78, 5) is 27.6. The SMILES string of the molecule is O=C(CCc1c(-c2ccc(F)cc2)[nH]c2ccccc12)NCC(=O)NCc1ccco1. The van der Waals surface area contributed by atoms with Gasteiger partial charge in [-0.05, 0) is 60.0 Å². The first-order valence-electron chi connectivity index (χ1n) is 10.0. The molecule has 31 heavy (non-hydrogen) atoms. The number of aromatic nitrogens is 1. The standard InChI is InChI=1S/C24H22FN3O3/c25-17-9-7-16(8-10-17)24-20(19-5-1-2-6-21(19)28-24)11-12-22(29)27-15-23(30)26-14-18-4-3-13-31-18/h1-10,13,28H,11-12,14-15H2,(H,26,30)(H,27,29). The second kappa shape index (κ2) is 9.30. The third-order valence-electron chi connectivity index (χ3n) is 5.03. The molecule has 0 aliphatic carbocycles. The Morgan fingerprint density at radius 3 is 2.52 bits per heavy atom. The Hall–Kier alpha value is -3.87. The summed E-state index contributed by atoms with van der Waals surface area (Å²) in [5.74, 6) is -0.161. The Balaban J connectivity index is 1.39. The lowest BCUT2D eigenvalue weighted by molar-refractivity contribution is -0.126. The van der Waals surface area contributed by atoms with Gasteiger partial charge in [0.25, 0.3) is 0 Å². The second-order valence-corrected chi connectivity index (χ2v) is 7.16. The van der Waals surface area contributed by atoms with Crippen molar-refractivity contribution in [3.8, 4) is 11.3 Å². The van der Waals surface area contributed by atoms with Gasteiger partial charge in [-0.2, -0.15) is 0 Å². The maximum absolute atomic E-state index is 13.3. The monoisotopic (exact) mass is 419 g/mol.